The van der Waals surface area contributed by atoms with Gasteiger partial charge in [0.2, 0.25) is 0 Å². The lowest BCUT2D eigenvalue weighted by atomic mass is 10.0. The van der Waals surface area contributed by atoms with Crippen LogP contribution in [-0.2, 0) is 11.3 Å². The van der Waals surface area contributed by atoms with E-state index in [0.717, 1.165) is 54.6 Å². The molecule has 6 nitrogen and oxygen atoms in total. The van der Waals surface area contributed by atoms with Gasteiger partial charge in [0.05, 0.1) is 25.5 Å². The molecular weight excluding hydrogens is 455 g/mol. The third-order valence-electron chi connectivity index (χ3n) is 4.33. The highest BCUT2D eigenvalue weighted by atomic mass is 127. The fraction of sp³-hybridized carbons (Fsp3) is 0.700. The van der Waals surface area contributed by atoms with Crippen molar-refractivity contribution in [2.45, 2.75) is 60.6 Å². The third-order valence-corrected chi connectivity index (χ3v) is 4.33. The molecule has 0 aliphatic rings. The van der Waals surface area contributed by atoms with Crippen molar-refractivity contribution in [2.75, 3.05) is 26.8 Å². The zero-order chi connectivity index (χ0) is 19.5. The zero-order valence-electron chi connectivity index (χ0n) is 17.9. The SMILES string of the molecule is CCNC(=NCc1ncc(C)c(OC)c1C)NCCC(OCC)C(C)C.I. The third kappa shape index (κ3) is 8.64. The van der Waals surface area contributed by atoms with Crippen molar-refractivity contribution >= 4 is 29.9 Å². The topological polar surface area (TPSA) is 67.8 Å². The van der Waals surface area contributed by atoms with Crippen LogP contribution < -0.4 is 15.4 Å². The van der Waals surface area contributed by atoms with Gasteiger partial charge in [0.25, 0.3) is 0 Å². The molecule has 0 aliphatic carbocycles. The summed E-state index contributed by atoms with van der Waals surface area (Å²) in [5, 5.41) is 6.68. The lowest BCUT2D eigenvalue weighted by Crippen LogP contribution is -2.39. The largest absolute Gasteiger partial charge is 0.496 e. The Hall–Kier alpha value is -1.09. The van der Waals surface area contributed by atoms with Gasteiger partial charge >= 0.3 is 0 Å². The summed E-state index contributed by atoms with van der Waals surface area (Å²) >= 11 is 0. The second kappa shape index (κ2) is 14.0. The molecule has 1 aromatic rings. The first-order chi connectivity index (χ1) is 12.4. The van der Waals surface area contributed by atoms with Crippen LogP contribution in [-0.4, -0.2) is 43.9 Å². The first-order valence-electron chi connectivity index (χ1n) is 9.57. The summed E-state index contributed by atoms with van der Waals surface area (Å²) in [5.74, 6) is 2.19. The van der Waals surface area contributed by atoms with Crippen molar-refractivity contribution < 1.29 is 9.47 Å². The van der Waals surface area contributed by atoms with Crippen LogP contribution in [0.1, 0.15) is 50.9 Å². The molecule has 1 atom stereocenters. The van der Waals surface area contributed by atoms with E-state index in [4.69, 9.17) is 9.47 Å². The molecule has 0 bridgehead atoms. The van der Waals surface area contributed by atoms with Gasteiger partial charge in [-0.25, -0.2) is 4.99 Å². The number of guanidine groups is 1. The van der Waals surface area contributed by atoms with E-state index < -0.39 is 0 Å². The summed E-state index contributed by atoms with van der Waals surface area (Å²) in [7, 11) is 1.69. The number of aromatic nitrogens is 1. The van der Waals surface area contributed by atoms with Gasteiger partial charge in [-0.05, 0) is 40.0 Å². The average molecular weight is 492 g/mol. The van der Waals surface area contributed by atoms with E-state index in [1.54, 1.807) is 7.11 Å². The molecule has 0 fully saturated rings. The maximum absolute atomic E-state index is 5.80. The summed E-state index contributed by atoms with van der Waals surface area (Å²) in [6.07, 6.45) is 3.05. The number of pyridine rings is 1. The highest BCUT2D eigenvalue weighted by molar-refractivity contribution is 14.0. The maximum atomic E-state index is 5.80. The van der Waals surface area contributed by atoms with E-state index in [1.165, 1.54) is 0 Å². The van der Waals surface area contributed by atoms with Crippen molar-refractivity contribution in [1.29, 1.82) is 0 Å². The van der Waals surface area contributed by atoms with E-state index in [9.17, 15) is 0 Å². The molecule has 1 rings (SSSR count). The normalized spacial score (nSPS) is 12.5. The predicted molar refractivity (Wildman–Crippen MR) is 123 cm³/mol. The molecule has 156 valence electrons. The van der Waals surface area contributed by atoms with Crippen molar-refractivity contribution in [3.63, 3.8) is 0 Å². The maximum Gasteiger partial charge on any atom is 0.191 e. The minimum Gasteiger partial charge on any atom is -0.496 e. The highest BCUT2D eigenvalue weighted by Gasteiger charge is 2.13. The Balaban J connectivity index is 0.00000676. The Morgan fingerprint density at radius 3 is 2.48 bits per heavy atom. The van der Waals surface area contributed by atoms with E-state index in [0.29, 0.717) is 12.5 Å². The molecule has 1 heterocycles. The Kier molecular flexibility index (Phi) is 13.4. The first-order valence-corrected chi connectivity index (χ1v) is 9.57. The molecule has 0 aliphatic heterocycles. The fourth-order valence-corrected chi connectivity index (χ4v) is 2.88. The van der Waals surface area contributed by atoms with Crippen molar-refractivity contribution in [2.24, 2.45) is 10.9 Å². The molecule has 0 amide bonds. The van der Waals surface area contributed by atoms with Crippen LogP contribution in [0.2, 0.25) is 0 Å². The number of rotatable bonds is 10. The number of aryl methyl sites for hydroxylation is 1. The van der Waals surface area contributed by atoms with Gasteiger partial charge in [0, 0.05) is 37.0 Å². The number of ether oxygens (including phenoxy) is 2. The zero-order valence-corrected chi connectivity index (χ0v) is 20.2. The number of halogens is 1. The minimum absolute atomic E-state index is 0. The molecule has 0 saturated carbocycles. The Bertz CT molecular complexity index is 579. The number of aliphatic imine (C=N–C) groups is 1. The van der Waals surface area contributed by atoms with Crippen molar-refractivity contribution in [1.82, 2.24) is 15.6 Å². The Labute approximate surface area is 181 Å². The standard InChI is InChI=1S/C20H36N4O2.HI/c1-8-21-20(22-11-10-18(14(3)4)26-9-2)24-13-17-16(6)19(25-7)15(5)12-23-17;/h12,14,18H,8-11,13H2,1-7H3,(H2,21,22,24);1H. The summed E-state index contributed by atoms with van der Waals surface area (Å²) in [4.78, 5) is 9.18. The first kappa shape index (κ1) is 25.9. The van der Waals surface area contributed by atoms with Crippen LogP contribution in [0.4, 0.5) is 0 Å². The van der Waals surface area contributed by atoms with Crippen molar-refractivity contribution in [3.05, 3.63) is 23.0 Å². The van der Waals surface area contributed by atoms with Gasteiger partial charge in [-0.1, -0.05) is 13.8 Å². The fourth-order valence-electron chi connectivity index (χ4n) is 2.88. The summed E-state index contributed by atoms with van der Waals surface area (Å²) in [5.41, 5.74) is 3.01. The van der Waals surface area contributed by atoms with Crippen LogP contribution >= 0.6 is 24.0 Å². The molecular formula is C20H37IN4O2. The number of hydrogen-bond acceptors (Lipinski definition) is 4. The number of nitrogens with zero attached hydrogens (tertiary/aromatic N) is 2. The van der Waals surface area contributed by atoms with Gasteiger partial charge in [-0.2, -0.15) is 0 Å². The second-order valence-corrected chi connectivity index (χ2v) is 6.69. The Morgan fingerprint density at radius 2 is 1.93 bits per heavy atom. The van der Waals surface area contributed by atoms with E-state index in [-0.39, 0.29) is 30.1 Å². The summed E-state index contributed by atoms with van der Waals surface area (Å²) < 4.78 is 11.3. The van der Waals surface area contributed by atoms with Gasteiger partial charge in [-0.3, -0.25) is 4.98 Å². The van der Waals surface area contributed by atoms with Gasteiger partial charge in [0.1, 0.15) is 5.75 Å². The van der Waals surface area contributed by atoms with E-state index in [2.05, 4.69) is 41.4 Å². The average Bonchev–Trinajstić information content (AvgIpc) is 2.60. The molecule has 1 aromatic heterocycles. The predicted octanol–water partition coefficient (Wildman–Crippen LogP) is 3.83. The van der Waals surface area contributed by atoms with Crippen LogP contribution in [0.15, 0.2) is 11.2 Å². The Morgan fingerprint density at radius 1 is 1.22 bits per heavy atom. The molecule has 0 saturated heterocycles. The van der Waals surface area contributed by atoms with Crippen LogP contribution in [0, 0.1) is 19.8 Å². The smallest absolute Gasteiger partial charge is 0.191 e. The van der Waals surface area contributed by atoms with E-state index >= 15 is 0 Å². The quantitative estimate of drug-likeness (QED) is 0.295. The molecule has 1 unspecified atom stereocenters. The van der Waals surface area contributed by atoms with E-state index in [1.807, 2.05) is 27.0 Å². The lowest BCUT2D eigenvalue weighted by Gasteiger charge is -2.21. The van der Waals surface area contributed by atoms with Gasteiger partial charge in [-0.15, -0.1) is 24.0 Å². The van der Waals surface area contributed by atoms with Gasteiger partial charge < -0.3 is 20.1 Å². The number of hydrogen-bond donors (Lipinski definition) is 2. The van der Waals surface area contributed by atoms with Crippen molar-refractivity contribution in [3.8, 4) is 5.75 Å². The van der Waals surface area contributed by atoms with Crippen LogP contribution in [0.3, 0.4) is 0 Å². The minimum atomic E-state index is 0. The summed E-state index contributed by atoms with van der Waals surface area (Å²) in [6, 6.07) is 0. The van der Waals surface area contributed by atoms with Crippen LogP contribution in [0.25, 0.3) is 0 Å². The summed E-state index contributed by atoms with van der Waals surface area (Å²) in [6.45, 7) is 15.4. The molecule has 27 heavy (non-hydrogen) atoms. The monoisotopic (exact) mass is 492 g/mol. The number of nitrogens with one attached hydrogen (secondary N) is 2. The lowest BCUT2D eigenvalue weighted by molar-refractivity contribution is 0.0258. The number of methoxy groups -OCH3 is 1. The van der Waals surface area contributed by atoms with Gasteiger partial charge in [0.15, 0.2) is 5.96 Å². The molecule has 7 heteroatoms. The van der Waals surface area contributed by atoms with Crippen LogP contribution in [0.5, 0.6) is 5.75 Å². The molecule has 0 radical (unpaired) electrons. The molecule has 0 spiro atoms. The second-order valence-electron chi connectivity index (χ2n) is 6.69. The highest BCUT2D eigenvalue weighted by Crippen LogP contribution is 2.24. The molecule has 2 N–H and O–H groups in total. The molecule has 0 aromatic carbocycles.